The van der Waals surface area contributed by atoms with Crippen LogP contribution in [0.25, 0.3) is 0 Å². The number of ether oxygens (including phenoxy) is 4. The van der Waals surface area contributed by atoms with Crippen molar-refractivity contribution in [3.8, 4) is 0 Å². The average Bonchev–Trinajstić information content (AvgIpc) is 3.34. The van der Waals surface area contributed by atoms with Crippen LogP contribution in [0, 0.1) is 5.41 Å². The summed E-state index contributed by atoms with van der Waals surface area (Å²) in [6.07, 6.45) is 0.576. The first kappa shape index (κ1) is 15.0. The average molecular weight is 292 g/mol. The summed E-state index contributed by atoms with van der Waals surface area (Å²) in [5.41, 5.74) is 1.08. The maximum absolute atomic E-state index is 6.15. The molecule has 116 valence electrons. The fraction of sp³-hybridized carbons (Fsp3) is 0.647. The van der Waals surface area contributed by atoms with Crippen LogP contribution in [0.2, 0.25) is 0 Å². The minimum Gasteiger partial charge on any atom is -0.378 e. The van der Waals surface area contributed by atoms with E-state index in [2.05, 4.69) is 26.0 Å². The molecule has 1 aromatic carbocycles. The standard InChI is InChI=1S/C17H24O4/c1-17(2,12-18-8-14-9-19-14)16(21-11-15-10-20-15)13-6-4-3-5-7-13/h3-7,14-16H,8-12H2,1-2H3. The van der Waals surface area contributed by atoms with Crippen molar-refractivity contribution in [1.29, 1.82) is 0 Å². The normalized spacial score (nSPS) is 25.6. The molecule has 2 aliphatic rings. The molecule has 2 saturated heterocycles. The maximum Gasteiger partial charge on any atom is 0.104 e. The Morgan fingerprint density at radius 3 is 2.33 bits per heavy atom. The van der Waals surface area contributed by atoms with Gasteiger partial charge in [-0.15, -0.1) is 0 Å². The molecule has 3 unspecified atom stereocenters. The van der Waals surface area contributed by atoms with Crippen LogP contribution in [-0.2, 0) is 18.9 Å². The van der Waals surface area contributed by atoms with Gasteiger partial charge in [-0.1, -0.05) is 44.2 Å². The van der Waals surface area contributed by atoms with Gasteiger partial charge >= 0.3 is 0 Å². The van der Waals surface area contributed by atoms with Gasteiger partial charge in [0.25, 0.3) is 0 Å². The molecule has 4 heteroatoms. The summed E-state index contributed by atoms with van der Waals surface area (Å²) in [7, 11) is 0. The highest BCUT2D eigenvalue weighted by atomic mass is 16.6. The maximum atomic E-state index is 6.15. The lowest BCUT2D eigenvalue weighted by molar-refractivity contribution is -0.0726. The molecule has 2 heterocycles. The van der Waals surface area contributed by atoms with E-state index in [0.29, 0.717) is 25.9 Å². The van der Waals surface area contributed by atoms with Gasteiger partial charge in [-0.25, -0.2) is 0 Å². The highest BCUT2D eigenvalue weighted by Gasteiger charge is 2.35. The molecule has 0 aliphatic carbocycles. The summed E-state index contributed by atoms with van der Waals surface area (Å²) in [4.78, 5) is 0. The van der Waals surface area contributed by atoms with Gasteiger partial charge in [0.1, 0.15) is 12.2 Å². The van der Waals surface area contributed by atoms with E-state index in [-0.39, 0.29) is 17.6 Å². The fourth-order valence-corrected chi connectivity index (χ4v) is 2.46. The second kappa shape index (κ2) is 6.44. The zero-order valence-corrected chi connectivity index (χ0v) is 12.8. The monoisotopic (exact) mass is 292 g/mol. The summed E-state index contributed by atoms with van der Waals surface area (Å²) >= 11 is 0. The molecule has 2 aliphatic heterocycles. The van der Waals surface area contributed by atoms with Crippen LogP contribution in [0.1, 0.15) is 25.5 Å². The summed E-state index contributed by atoms with van der Waals surface area (Å²) in [5, 5.41) is 0. The molecule has 0 N–H and O–H groups in total. The number of hydrogen-bond acceptors (Lipinski definition) is 4. The third-order valence-electron chi connectivity index (χ3n) is 3.84. The van der Waals surface area contributed by atoms with Crippen molar-refractivity contribution < 1.29 is 18.9 Å². The molecule has 2 fully saturated rings. The predicted octanol–water partition coefficient (Wildman–Crippen LogP) is 2.58. The largest absolute Gasteiger partial charge is 0.378 e. The smallest absolute Gasteiger partial charge is 0.104 e. The van der Waals surface area contributed by atoms with E-state index in [1.807, 2.05) is 18.2 Å². The number of epoxide rings is 2. The van der Waals surface area contributed by atoms with Crippen molar-refractivity contribution in [2.45, 2.75) is 32.2 Å². The third-order valence-corrected chi connectivity index (χ3v) is 3.84. The summed E-state index contributed by atoms with van der Waals surface area (Å²) in [5.74, 6) is 0. The molecule has 3 atom stereocenters. The SMILES string of the molecule is CC(C)(COCC1CO1)C(OCC1CO1)c1ccccc1. The number of benzene rings is 1. The van der Waals surface area contributed by atoms with Crippen LogP contribution < -0.4 is 0 Å². The van der Waals surface area contributed by atoms with Gasteiger partial charge in [0.05, 0.1) is 39.1 Å². The molecule has 0 radical (unpaired) electrons. The van der Waals surface area contributed by atoms with Gasteiger partial charge in [0.15, 0.2) is 0 Å². The summed E-state index contributed by atoms with van der Waals surface area (Å²) < 4.78 is 22.4. The Kier molecular flexibility index (Phi) is 4.60. The topological polar surface area (TPSA) is 43.5 Å². The Bertz CT molecular complexity index is 437. The van der Waals surface area contributed by atoms with Gasteiger partial charge in [-0.05, 0) is 5.56 Å². The van der Waals surface area contributed by atoms with Crippen molar-refractivity contribution in [1.82, 2.24) is 0 Å². The Balaban J connectivity index is 1.62. The van der Waals surface area contributed by atoms with Crippen LogP contribution >= 0.6 is 0 Å². The van der Waals surface area contributed by atoms with Crippen LogP contribution in [0.15, 0.2) is 30.3 Å². The molecule has 4 nitrogen and oxygen atoms in total. The first-order chi connectivity index (χ1) is 10.1. The molecule has 0 amide bonds. The molecular weight excluding hydrogens is 268 g/mol. The van der Waals surface area contributed by atoms with E-state index in [1.54, 1.807) is 0 Å². The molecule has 0 saturated carbocycles. The van der Waals surface area contributed by atoms with E-state index >= 15 is 0 Å². The van der Waals surface area contributed by atoms with Gasteiger partial charge in [-0.3, -0.25) is 0 Å². The Labute approximate surface area is 126 Å². The zero-order chi connectivity index (χ0) is 14.7. The Morgan fingerprint density at radius 1 is 1.10 bits per heavy atom. The van der Waals surface area contributed by atoms with Crippen LogP contribution in [0.3, 0.4) is 0 Å². The van der Waals surface area contributed by atoms with Crippen molar-refractivity contribution >= 4 is 0 Å². The minimum absolute atomic E-state index is 0.00280. The van der Waals surface area contributed by atoms with Crippen molar-refractivity contribution in [2.75, 3.05) is 33.0 Å². The van der Waals surface area contributed by atoms with Crippen LogP contribution in [0.4, 0.5) is 0 Å². The van der Waals surface area contributed by atoms with Crippen LogP contribution in [-0.4, -0.2) is 45.2 Å². The van der Waals surface area contributed by atoms with Gasteiger partial charge in [0, 0.05) is 5.41 Å². The molecular formula is C17H24O4. The molecule has 0 bridgehead atoms. The third kappa shape index (κ3) is 4.51. The van der Waals surface area contributed by atoms with Crippen molar-refractivity contribution in [2.24, 2.45) is 5.41 Å². The van der Waals surface area contributed by atoms with E-state index in [9.17, 15) is 0 Å². The highest BCUT2D eigenvalue weighted by Crippen LogP contribution is 2.37. The molecule has 0 aromatic heterocycles. The molecule has 3 rings (SSSR count). The summed E-state index contributed by atoms with van der Waals surface area (Å²) in [6.45, 7) is 8.00. The first-order valence-corrected chi connectivity index (χ1v) is 7.63. The number of hydrogen-bond donors (Lipinski definition) is 0. The van der Waals surface area contributed by atoms with Gasteiger partial charge in [0.2, 0.25) is 0 Å². The predicted molar refractivity (Wildman–Crippen MR) is 79.2 cm³/mol. The van der Waals surface area contributed by atoms with Gasteiger partial charge < -0.3 is 18.9 Å². The Hall–Kier alpha value is -0.940. The van der Waals surface area contributed by atoms with E-state index in [1.165, 1.54) is 5.56 Å². The summed E-state index contributed by atoms with van der Waals surface area (Å²) in [6, 6.07) is 10.4. The second-order valence-electron chi connectivity index (χ2n) is 6.54. The molecule has 21 heavy (non-hydrogen) atoms. The molecule has 0 spiro atoms. The van der Waals surface area contributed by atoms with Gasteiger partial charge in [-0.2, -0.15) is 0 Å². The molecule has 1 aromatic rings. The van der Waals surface area contributed by atoms with Crippen molar-refractivity contribution in [3.05, 3.63) is 35.9 Å². The zero-order valence-electron chi connectivity index (χ0n) is 12.8. The van der Waals surface area contributed by atoms with Crippen LogP contribution in [0.5, 0.6) is 0 Å². The Morgan fingerprint density at radius 2 is 1.71 bits per heavy atom. The lowest BCUT2D eigenvalue weighted by atomic mass is 9.83. The van der Waals surface area contributed by atoms with E-state index in [0.717, 1.165) is 13.2 Å². The lowest BCUT2D eigenvalue weighted by Crippen LogP contribution is -2.31. The lowest BCUT2D eigenvalue weighted by Gasteiger charge is -2.34. The fourth-order valence-electron chi connectivity index (χ4n) is 2.46. The van der Waals surface area contributed by atoms with E-state index in [4.69, 9.17) is 18.9 Å². The first-order valence-electron chi connectivity index (χ1n) is 7.63. The highest BCUT2D eigenvalue weighted by molar-refractivity contribution is 5.19. The quantitative estimate of drug-likeness (QED) is 0.656. The second-order valence-corrected chi connectivity index (χ2v) is 6.54. The van der Waals surface area contributed by atoms with Crippen molar-refractivity contribution in [3.63, 3.8) is 0 Å². The number of rotatable bonds is 9. The minimum atomic E-state index is -0.106. The van der Waals surface area contributed by atoms with E-state index < -0.39 is 0 Å².